The van der Waals surface area contributed by atoms with Gasteiger partial charge in [-0.2, -0.15) is 13.9 Å². The van der Waals surface area contributed by atoms with Crippen molar-refractivity contribution >= 4 is 35.5 Å². The van der Waals surface area contributed by atoms with Crippen molar-refractivity contribution in [2.45, 2.75) is 63.9 Å². The van der Waals surface area contributed by atoms with Gasteiger partial charge in [0.2, 0.25) is 5.91 Å². The van der Waals surface area contributed by atoms with Crippen LogP contribution in [-0.2, 0) is 36.0 Å². The average molecular weight is 606 g/mol. The summed E-state index contributed by atoms with van der Waals surface area (Å²) < 4.78 is 71.7. The minimum absolute atomic E-state index is 0.000187. The van der Waals surface area contributed by atoms with E-state index < -0.39 is 47.0 Å². The Kier molecular flexibility index (Phi) is 9.30. The van der Waals surface area contributed by atoms with Crippen LogP contribution < -0.4 is 5.32 Å². The van der Waals surface area contributed by atoms with Gasteiger partial charge in [0.1, 0.15) is 24.0 Å². The number of amides is 1. The zero-order valence-corrected chi connectivity index (χ0v) is 23.8. The smallest absolute Gasteiger partial charge is 0.346 e. The fourth-order valence-corrected chi connectivity index (χ4v) is 5.42. The van der Waals surface area contributed by atoms with E-state index in [0.29, 0.717) is 41.7 Å². The average Bonchev–Trinajstić information content (AvgIpc) is 3.27. The molecule has 6 nitrogen and oxygen atoms in total. The molecule has 1 aromatic heterocycles. The summed E-state index contributed by atoms with van der Waals surface area (Å²) in [7, 11) is 0. The van der Waals surface area contributed by atoms with E-state index in [1.54, 1.807) is 6.92 Å². The molecule has 0 aliphatic heterocycles. The monoisotopic (exact) mass is 605 g/mol. The number of carbonyl (C=O) groups is 1. The number of nitrogens with zero attached hydrogens (tertiary/aromatic N) is 3. The lowest BCUT2D eigenvalue weighted by Gasteiger charge is -2.23. The summed E-state index contributed by atoms with van der Waals surface area (Å²) in [4.78, 5) is 17.5. The summed E-state index contributed by atoms with van der Waals surface area (Å²) in [5.41, 5.74) is 1.72. The molecule has 0 saturated carbocycles. The first-order valence-electron chi connectivity index (χ1n) is 13.2. The number of alkyl halides is 3. The summed E-state index contributed by atoms with van der Waals surface area (Å²) in [5.74, 6) is -2.84. The van der Waals surface area contributed by atoms with Crippen LogP contribution in [0.2, 0.25) is 0 Å². The number of hydrogen-bond donors (Lipinski definition) is 2. The van der Waals surface area contributed by atoms with Crippen molar-refractivity contribution in [3.63, 3.8) is 0 Å². The van der Waals surface area contributed by atoms with Gasteiger partial charge in [0.25, 0.3) is 0 Å². The fraction of sp³-hybridized carbons (Fsp3) is 0.333. The minimum Gasteiger partial charge on any atom is -0.346 e. The Morgan fingerprint density at radius 3 is 2.43 bits per heavy atom. The number of rotatable bonds is 10. The van der Waals surface area contributed by atoms with E-state index in [1.165, 1.54) is 29.8 Å². The Morgan fingerprint density at radius 1 is 1.14 bits per heavy atom. The molecule has 1 unspecified atom stereocenters. The number of benzene rings is 2. The number of nitrogens with one attached hydrogen (secondary N) is 2. The van der Waals surface area contributed by atoms with E-state index in [-0.39, 0.29) is 29.0 Å². The van der Waals surface area contributed by atoms with Crippen LogP contribution in [-0.4, -0.2) is 34.2 Å². The Morgan fingerprint density at radius 2 is 1.81 bits per heavy atom. The molecule has 2 N–H and O–H groups in total. The molecular weight excluding hydrogens is 577 g/mol. The quantitative estimate of drug-likeness (QED) is 0.153. The zero-order chi connectivity index (χ0) is 30.8. The third-order valence-electron chi connectivity index (χ3n) is 7.20. The van der Waals surface area contributed by atoms with Gasteiger partial charge < -0.3 is 10.7 Å². The van der Waals surface area contributed by atoms with Crippen LogP contribution in [0.4, 0.5) is 22.0 Å². The molecule has 0 bridgehead atoms. The molecule has 0 saturated heterocycles. The normalized spacial score (nSPS) is 14.6. The summed E-state index contributed by atoms with van der Waals surface area (Å²) in [6, 6.07) is 6.11. The van der Waals surface area contributed by atoms with Crippen LogP contribution in [0.15, 0.2) is 47.1 Å². The Bertz CT molecular complexity index is 1560. The van der Waals surface area contributed by atoms with Crippen LogP contribution >= 0.6 is 11.6 Å². The predicted octanol–water partition coefficient (Wildman–Crippen LogP) is 6.71. The van der Waals surface area contributed by atoms with Crippen molar-refractivity contribution < 1.29 is 26.7 Å². The minimum atomic E-state index is -3.70. The second-order valence-electron chi connectivity index (χ2n) is 10.2. The Labute approximate surface area is 244 Å². The molecular formula is C30H29ClF5N5O. The van der Waals surface area contributed by atoms with Crippen molar-refractivity contribution in [3.8, 4) is 0 Å². The number of hydrogen-bond acceptors (Lipinski definition) is 4. The predicted molar refractivity (Wildman–Crippen MR) is 152 cm³/mol. The lowest BCUT2D eigenvalue weighted by atomic mass is 9.95. The molecule has 1 aliphatic rings. The highest BCUT2D eigenvalue weighted by Gasteiger charge is 2.37. The third-order valence-corrected chi connectivity index (χ3v) is 7.38. The van der Waals surface area contributed by atoms with E-state index in [1.807, 2.05) is 0 Å². The zero-order valence-electron chi connectivity index (χ0n) is 23.0. The summed E-state index contributed by atoms with van der Waals surface area (Å²) in [6.07, 6.45) is 2.14. The fourth-order valence-electron chi connectivity index (χ4n) is 5.27. The molecule has 0 fully saturated rings. The SMILES string of the molecule is C=NC(=C(C)c1ccc(F)c(C(C)=N)c1)C(Cc1cc(F)cc(F)c1)NC(=O)Cn1nc(C(F)(F)Cl)c2c1CCCC2. The highest BCUT2D eigenvalue weighted by Crippen LogP contribution is 2.37. The maximum absolute atomic E-state index is 14.3. The summed E-state index contributed by atoms with van der Waals surface area (Å²) in [6.45, 7) is 6.30. The second kappa shape index (κ2) is 12.6. The number of aromatic nitrogens is 2. The van der Waals surface area contributed by atoms with Gasteiger partial charge in [0.15, 0.2) is 5.69 Å². The standard InChI is InChI=1S/C30H29ClF5N5O/c1-16(19-8-9-24(34)23(13-19)17(2)37)28(38-3)25(12-18-10-20(32)14-21(33)11-18)39-27(42)15-41-26-7-5-4-6-22(26)29(40-41)30(31,35)36/h8-11,13-14,25,37H,3-7,12,15H2,1-2H3,(H,39,42). The first kappa shape index (κ1) is 31.1. The topological polar surface area (TPSA) is 83.1 Å². The molecule has 1 amide bonds. The number of fused-ring (bicyclic) bond motifs is 1. The van der Waals surface area contributed by atoms with Gasteiger partial charge in [0.05, 0.1) is 11.7 Å². The van der Waals surface area contributed by atoms with E-state index in [2.05, 4.69) is 22.1 Å². The largest absolute Gasteiger partial charge is 0.366 e. The number of carbonyl (C=O) groups excluding carboxylic acids is 1. The van der Waals surface area contributed by atoms with Crippen LogP contribution in [0.25, 0.3) is 5.57 Å². The second-order valence-corrected chi connectivity index (χ2v) is 10.7. The van der Waals surface area contributed by atoms with Gasteiger partial charge in [-0.3, -0.25) is 14.5 Å². The van der Waals surface area contributed by atoms with Crippen LogP contribution in [0, 0.1) is 22.9 Å². The van der Waals surface area contributed by atoms with Crippen LogP contribution in [0.5, 0.6) is 0 Å². The summed E-state index contributed by atoms with van der Waals surface area (Å²) >= 11 is 5.31. The molecule has 1 atom stereocenters. The van der Waals surface area contributed by atoms with Crippen LogP contribution in [0.1, 0.15) is 60.3 Å². The molecule has 1 heterocycles. The van der Waals surface area contributed by atoms with Gasteiger partial charge in [-0.1, -0.05) is 6.07 Å². The van der Waals surface area contributed by atoms with E-state index in [4.69, 9.17) is 17.0 Å². The first-order valence-corrected chi connectivity index (χ1v) is 13.6. The van der Waals surface area contributed by atoms with Crippen molar-refractivity contribution in [3.05, 3.63) is 93.2 Å². The van der Waals surface area contributed by atoms with E-state index in [0.717, 1.165) is 24.6 Å². The first-order chi connectivity index (χ1) is 19.8. The third kappa shape index (κ3) is 6.95. The van der Waals surface area contributed by atoms with Crippen LogP contribution in [0.3, 0.4) is 0 Å². The number of allylic oxidation sites excluding steroid dienone is 1. The summed E-state index contributed by atoms with van der Waals surface area (Å²) in [5, 5.41) is 10.9. The number of aliphatic imine (C=N–C) groups is 1. The van der Waals surface area contributed by atoms with E-state index >= 15 is 0 Å². The molecule has 4 rings (SSSR count). The van der Waals surface area contributed by atoms with Gasteiger partial charge >= 0.3 is 5.38 Å². The lowest BCUT2D eigenvalue weighted by Crippen LogP contribution is -2.40. The van der Waals surface area contributed by atoms with Gasteiger partial charge in [-0.05, 0) is 105 Å². The molecule has 12 heteroatoms. The van der Waals surface area contributed by atoms with Crippen molar-refractivity contribution in [2.75, 3.05) is 0 Å². The molecule has 42 heavy (non-hydrogen) atoms. The maximum Gasteiger partial charge on any atom is 0.366 e. The molecule has 0 radical (unpaired) electrons. The maximum atomic E-state index is 14.3. The molecule has 0 spiro atoms. The van der Waals surface area contributed by atoms with Crippen molar-refractivity contribution in [2.24, 2.45) is 4.99 Å². The van der Waals surface area contributed by atoms with E-state index in [9.17, 15) is 26.7 Å². The highest BCUT2D eigenvalue weighted by atomic mass is 35.5. The Balaban J connectivity index is 1.72. The molecule has 1 aliphatic carbocycles. The molecule has 2 aromatic carbocycles. The van der Waals surface area contributed by atoms with Gasteiger partial charge in [-0.25, -0.2) is 13.2 Å². The lowest BCUT2D eigenvalue weighted by molar-refractivity contribution is -0.122. The van der Waals surface area contributed by atoms with Crippen molar-refractivity contribution in [1.29, 1.82) is 5.41 Å². The highest BCUT2D eigenvalue weighted by molar-refractivity contribution is 6.21. The Hall–Kier alpha value is -3.86. The van der Waals surface area contributed by atoms with Gasteiger partial charge in [0, 0.05) is 28.6 Å². The molecule has 3 aromatic rings. The van der Waals surface area contributed by atoms with Gasteiger partial charge in [-0.15, -0.1) is 0 Å². The number of halogens is 6. The molecule has 222 valence electrons. The van der Waals surface area contributed by atoms with Crippen molar-refractivity contribution in [1.82, 2.24) is 15.1 Å².